The highest BCUT2D eigenvalue weighted by Gasteiger charge is 2.23. The Kier molecular flexibility index (Phi) is 27.1. The van der Waals surface area contributed by atoms with Gasteiger partial charge in [-0.25, -0.2) is 0 Å². The van der Waals surface area contributed by atoms with Crippen LogP contribution in [0, 0.1) is 11.8 Å². The molecule has 12 heteroatoms. The van der Waals surface area contributed by atoms with Crippen LogP contribution in [0.5, 0.6) is 46.0 Å². The molecule has 2 aromatic rings. The third kappa shape index (κ3) is 17.6. The van der Waals surface area contributed by atoms with Crippen molar-refractivity contribution in [2.24, 2.45) is 0 Å². The zero-order valence-corrected chi connectivity index (χ0v) is 35.6. The predicted octanol–water partition coefficient (Wildman–Crippen LogP) is 9.68. The number of hydrogen-bond donors (Lipinski definition) is 0. The maximum Gasteiger partial charge on any atom is 0.188 e. The van der Waals surface area contributed by atoms with Gasteiger partial charge in [0.15, 0.2) is 73.2 Å². The summed E-state index contributed by atoms with van der Waals surface area (Å²) in [6.07, 6.45) is 19.9. The Bertz CT molecular complexity index is 1290. The van der Waals surface area contributed by atoms with E-state index in [1.165, 1.54) is 64.2 Å². The topological polar surface area (TPSA) is 111 Å². The molecule has 0 saturated heterocycles. The van der Waals surface area contributed by atoms with Gasteiger partial charge >= 0.3 is 0 Å². The minimum absolute atomic E-state index is 0.110. The summed E-state index contributed by atoms with van der Waals surface area (Å²) in [5.74, 6) is 11.6. The molecule has 0 bridgehead atoms. The van der Waals surface area contributed by atoms with Gasteiger partial charge < -0.3 is 56.8 Å². The number of methoxy groups -OCH3 is 8. The lowest BCUT2D eigenvalue weighted by atomic mass is 10.0. The van der Waals surface area contributed by atoms with Crippen LogP contribution in [0.3, 0.4) is 0 Å². The molecule has 12 nitrogen and oxygen atoms in total. The van der Waals surface area contributed by atoms with E-state index < -0.39 is 0 Å². The molecule has 0 spiro atoms. The third-order valence-corrected chi connectivity index (χ3v) is 9.25. The fourth-order valence-electron chi connectivity index (χ4n) is 6.49. The number of ether oxygens (including phenoxy) is 12. The van der Waals surface area contributed by atoms with Gasteiger partial charge in [0.25, 0.3) is 0 Å². The molecule has 0 N–H and O–H groups in total. The van der Waals surface area contributed by atoms with Gasteiger partial charge in [-0.2, -0.15) is 0 Å². The summed E-state index contributed by atoms with van der Waals surface area (Å²) in [7, 11) is 12.9. The molecular formula is C44H70O12. The lowest BCUT2D eigenvalue weighted by molar-refractivity contribution is 0.0444. The SMILES string of the molecule is COCOc1cc(OC)c(OCOC)c(CCCCCCCCCC#CCCCCCCCCCc2c(OC)c(OCOC)cc(OC)c2OCOC)c1OC. The van der Waals surface area contributed by atoms with Crippen LogP contribution in [-0.4, -0.2) is 84.1 Å². The smallest absolute Gasteiger partial charge is 0.188 e. The highest BCUT2D eigenvalue weighted by atomic mass is 16.7. The van der Waals surface area contributed by atoms with Crippen molar-refractivity contribution >= 4 is 0 Å². The van der Waals surface area contributed by atoms with Crippen LogP contribution < -0.4 is 37.9 Å². The first kappa shape index (κ1) is 48.4. The monoisotopic (exact) mass is 790 g/mol. The van der Waals surface area contributed by atoms with Crippen LogP contribution in [0.2, 0.25) is 0 Å². The van der Waals surface area contributed by atoms with Crippen LogP contribution in [0.25, 0.3) is 0 Å². The summed E-state index contributed by atoms with van der Waals surface area (Å²) in [6, 6.07) is 3.53. The van der Waals surface area contributed by atoms with Crippen molar-refractivity contribution in [2.75, 3.05) is 84.1 Å². The van der Waals surface area contributed by atoms with E-state index >= 15 is 0 Å². The lowest BCUT2D eigenvalue weighted by Gasteiger charge is -2.20. The van der Waals surface area contributed by atoms with E-state index in [0.717, 1.165) is 62.5 Å². The summed E-state index contributed by atoms with van der Waals surface area (Å²) < 4.78 is 66.6. The molecule has 0 atom stereocenters. The molecule has 0 fully saturated rings. The fraction of sp³-hybridized carbons (Fsp3) is 0.682. The van der Waals surface area contributed by atoms with Gasteiger partial charge in [-0.15, -0.1) is 11.8 Å². The second-order valence-electron chi connectivity index (χ2n) is 13.3. The standard InChI is InChI=1S/C44H70O12/c1-45-31-53-39-29-37(49-5)43(55-33-47-3)35(41(39)51-7)27-25-23-21-19-17-15-13-11-9-10-12-14-16-18-20-22-24-26-28-36-42(52-8)40(54-32-46-2)30-38(50-6)44(36)56-34-48-4/h29-30H,11-28,31-34H2,1-8H3. The van der Waals surface area contributed by atoms with E-state index in [9.17, 15) is 0 Å². The molecule has 318 valence electrons. The highest BCUT2D eigenvalue weighted by molar-refractivity contribution is 5.62. The molecule has 0 unspecified atom stereocenters. The van der Waals surface area contributed by atoms with E-state index in [-0.39, 0.29) is 27.2 Å². The van der Waals surface area contributed by atoms with Crippen molar-refractivity contribution in [3.05, 3.63) is 23.3 Å². The van der Waals surface area contributed by atoms with Crippen molar-refractivity contribution in [1.29, 1.82) is 0 Å². The van der Waals surface area contributed by atoms with Crippen molar-refractivity contribution in [3.8, 4) is 57.8 Å². The molecule has 2 rings (SSSR count). The Balaban J connectivity index is 1.60. The molecule has 0 aliphatic carbocycles. The Labute approximate surface area is 337 Å². The summed E-state index contributed by atoms with van der Waals surface area (Å²) in [5.41, 5.74) is 1.83. The first-order chi connectivity index (χ1) is 27.5. The Morgan fingerprint density at radius 2 is 0.661 bits per heavy atom. The summed E-state index contributed by atoms with van der Waals surface area (Å²) in [5, 5.41) is 0. The zero-order valence-electron chi connectivity index (χ0n) is 35.6. The normalized spacial score (nSPS) is 10.8. The van der Waals surface area contributed by atoms with Gasteiger partial charge in [0.2, 0.25) is 0 Å². The summed E-state index contributed by atoms with van der Waals surface area (Å²) >= 11 is 0. The maximum atomic E-state index is 5.90. The first-order valence-corrected chi connectivity index (χ1v) is 20.0. The molecule has 0 aromatic heterocycles. The highest BCUT2D eigenvalue weighted by Crippen LogP contribution is 2.47. The minimum Gasteiger partial charge on any atom is -0.493 e. The third-order valence-electron chi connectivity index (χ3n) is 9.25. The van der Waals surface area contributed by atoms with E-state index in [2.05, 4.69) is 11.8 Å². The van der Waals surface area contributed by atoms with Crippen LogP contribution >= 0.6 is 0 Å². The van der Waals surface area contributed by atoms with Gasteiger partial charge in [-0.1, -0.05) is 64.2 Å². The lowest BCUT2D eigenvalue weighted by Crippen LogP contribution is -2.08. The number of hydrogen-bond acceptors (Lipinski definition) is 12. The van der Waals surface area contributed by atoms with Crippen molar-refractivity contribution in [1.82, 2.24) is 0 Å². The summed E-state index contributed by atoms with van der Waals surface area (Å²) in [6.45, 7) is 0.449. The predicted molar refractivity (Wildman–Crippen MR) is 218 cm³/mol. The van der Waals surface area contributed by atoms with Gasteiger partial charge in [0.1, 0.15) is 0 Å². The van der Waals surface area contributed by atoms with Gasteiger partial charge in [0.05, 0.1) is 28.4 Å². The molecule has 0 saturated carbocycles. The first-order valence-electron chi connectivity index (χ1n) is 20.0. The van der Waals surface area contributed by atoms with Crippen molar-refractivity contribution < 1.29 is 56.8 Å². The molecule has 0 radical (unpaired) electrons. The molecular weight excluding hydrogens is 720 g/mol. The van der Waals surface area contributed by atoms with Gasteiger partial charge in [0, 0.05) is 64.5 Å². The van der Waals surface area contributed by atoms with Crippen LogP contribution in [0.4, 0.5) is 0 Å². The quantitative estimate of drug-likeness (QED) is 0.0382. The van der Waals surface area contributed by atoms with Gasteiger partial charge in [-0.05, 0) is 38.5 Å². The zero-order chi connectivity index (χ0) is 40.6. The average Bonchev–Trinajstić information content (AvgIpc) is 3.22. The number of benzene rings is 2. The molecule has 0 aliphatic rings. The molecule has 0 heterocycles. The number of rotatable bonds is 34. The van der Waals surface area contributed by atoms with E-state index in [1.807, 2.05) is 0 Å². The largest absolute Gasteiger partial charge is 0.493 e. The summed E-state index contributed by atoms with van der Waals surface area (Å²) in [4.78, 5) is 0. The van der Waals surface area contributed by atoms with Crippen LogP contribution in [0.1, 0.15) is 114 Å². The second kappa shape index (κ2) is 31.3. The maximum absolute atomic E-state index is 5.90. The Hall–Kier alpha value is -3.76. The molecule has 2 aromatic carbocycles. The van der Waals surface area contributed by atoms with Gasteiger partial charge in [-0.3, -0.25) is 0 Å². The van der Waals surface area contributed by atoms with E-state index in [1.54, 1.807) is 69.0 Å². The minimum atomic E-state index is 0.110. The van der Waals surface area contributed by atoms with E-state index in [0.29, 0.717) is 46.0 Å². The van der Waals surface area contributed by atoms with E-state index in [4.69, 9.17) is 56.8 Å². The Morgan fingerprint density at radius 1 is 0.339 bits per heavy atom. The van der Waals surface area contributed by atoms with Crippen LogP contribution in [0.15, 0.2) is 12.1 Å². The second-order valence-corrected chi connectivity index (χ2v) is 13.3. The fourth-order valence-corrected chi connectivity index (χ4v) is 6.49. The molecule has 0 amide bonds. The van der Waals surface area contributed by atoms with Crippen LogP contribution in [-0.2, 0) is 31.8 Å². The van der Waals surface area contributed by atoms with Crippen molar-refractivity contribution in [3.63, 3.8) is 0 Å². The van der Waals surface area contributed by atoms with Crippen molar-refractivity contribution in [2.45, 2.75) is 116 Å². The molecule has 0 aliphatic heterocycles. The Morgan fingerprint density at radius 3 is 0.982 bits per heavy atom. The number of unbranched alkanes of at least 4 members (excludes halogenated alkanes) is 14. The molecule has 56 heavy (non-hydrogen) atoms. The average molecular weight is 791 g/mol.